The number of unbranched alkanes of at least 4 members (excludes halogenated alkanes) is 3. The molecular weight excluding hydrogens is 549 g/mol. The summed E-state index contributed by atoms with van der Waals surface area (Å²) in [4.78, 5) is 0. The third kappa shape index (κ3) is 8.06. The van der Waals surface area contributed by atoms with Gasteiger partial charge in [-0.3, -0.25) is 0 Å². The summed E-state index contributed by atoms with van der Waals surface area (Å²) in [6.45, 7) is 4.37. The fraction of sp³-hybridized carbons (Fsp3) is 0.512. The van der Waals surface area contributed by atoms with Gasteiger partial charge in [0.1, 0.15) is 5.82 Å². The van der Waals surface area contributed by atoms with E-state index >= 15 is 4.39 Å². The summed E-state index contributed by atoms with van der Waals surface area (Å²) in [6, 6.07) is 16.3. The van der Waals surface area contributed by atoms with Crippen molar-refractivity contribution in [2.24, 2.45) is 17.8 Å². The van der Waals surface area contributed by atoms with Crippen molar-refractivity contribution < 1.29 is 13.2 Å². The Balaban J connectivity index is 1.16. The van der Waals surface area contributed by atoms with Crippen LogP contribution in [0.1, 0.15) is 121 Å². The Hall–Kier alpha value is -2.81. The largest absolute Gasteiger partial charge is 0.207 e. The van der Waals surface area contributed by atoms with Gasteiger partial charge in [-0.05, 0) is 109 Å². The molecule has 0 radical (unpaired) electrons. The maximum absolute atomic E-state index is 15.5. The van der Waals surface area contributed by atoms with Crippen LogP contribution in [0.3, 0.4) is 0 Å². The van der Waals surface area contributed by atoms with E-state index in [2.05, 4.69) is 13.8 Å². The molecule has 0 spiro atoms. The van der Waals surface area contributed by atoms with Gasteiger partial charge in [0.05, 0.1) is 0 Å². The van der Waals surface area contributed by atoms with E-state index in [1.807, 2.05) is 36.4 Å². The Morgan fingerprint density at radius 1 is 0.636 bits per heavy atom. The highest BCUT2D eigenvalue weighted by Crippen LogP contribution is 2.45. The summed E-state index contributed by atoms with van der Waals surface area (Å²) in [6.07, 6.45) is 22.0. The van der Waals surface area contributed by atoms with Crippen LogP contribution in [0.4, 0.5) is 13.2 Å². The third-order valence-corrected chi connectivity index (χ3v) is 10.6. The predicted octanol–water partition coefficient (Wildman–Crippen LogP) is 13.0. The van der Waals surface area contributed by atoms with Gasteiger partial charge in [0, 0.05) is 5.56 Å². The Kier molecular flexibility index (Phi) is 11.8. The molecular formula is C41H51F3. The highest BCUT2D eigenvalue weighted by molar-refractivity contribution is 5.71. The summed E-state index contributed by atoms with van der Waals surface area (Å²) in [5, 5.41) is 0. The normalized spacial score (nSPS) is 22.5. The topological polar surface area (TPSA) is 0 Å². The standard InChI is InChI=1S/C41H51F3/c1-3-5-7-9-11-35-24-27-38(41(44)40(35)43)34-22-18-32(19-23-34)36-25-26-37(39(42)28-36)33-20-16-31(17-21-33)30-14-12-29(13-15-30)10-8-6-4-2/h7,9,18-19,22-31,33H,3-6,8,10-17,20-21H2,1-2H3. The molecule has 0 saturated heterocycles. The van der Waals surface area contributed by atoms with Crippen LogP contribution in [-0.2, 0) is 6.42 Å². The Labute approximate surface area is 264 Å². The fourth-order valence-electron chi connectivity index (χ4n) is 7.88. The number of rotatable bonds is 12. The van der Waals surface area contributed by atoms with E-state index in [0.717, 1.165) is 60.1 Å². The van der Waals surface area contributed by atoms with E-state index in [1.54, 1.807) is 30.3 Å². The molecule has 0 unspecified atom stereocenters. The zero-order valence-electron chi connectivity index (χ0n) is 26.9. The average Bonchev–Trinajstić information content (AvgIpc) is 3.06. The van der Waals surface area contributed by atoms with Gasteiger partial charge in [0.2, 0.25) is 0 Å². The lowest BCUT2D eigenvalue weighted by molar-refractivity contribution is 0.155. The molecule has 0 aromatic heterocycles. The summed E-state index contributed by atoms with van der Waals surface area (Å²) in [5.41, 5.74) is 3.74. The molecule has 3 heteroatoms. The first kappa shape index (κ1) is 32.6. The van der Waals surface area contributed by atoms with Crippen LogP contribution in [0.2, 0.25) is 0 Å². The molecule has 0 amide bonds. The minimum Gasteiger partial charge on any atom is -0.207 e. The lowest BCUT2D eigenvalue weighted by Crippen LogP contribution is -2.25. The highest BCUT2D eigenvalue weighted by atomic mass is 19.2. The molecule has 0 atom stereocenters. The monoisotopic (exact) mass is 600 g/mol. The molecule has 2 aliphatic rings. The first-order valence-corrected chi connectivity index (χ1v) is 17.5. The maximum Gasteiger partial charge on any atom is 0.166 e. The Morgan fingerprint density at radius 3 is 1.95 bits per heavy atom. The van der Waals surface area contributed by atoms with Crippen molar-refractivity contribution in [1.82, 2.24) is 0 Å². The van der Waals surface area contributed by atoms with Gasteiger partial charge in [-0.2, -0.15) is 0 Å². The van der Waals surface area contributed by atoms with Crippen LogP contribution in [0.5, 0.6) is 0 Å². The zero-order chi connectivity index (χ0) is 30.9. The minimum absolute atomic E-state index is 0.126. The molecule has 44 heavy (non-hydrogen) atoms. The van der Waals surface area contributed by atoms with Gasteiger partial charge in [-0.15, -0.1) is 0 Å². The van der Waals surface area contributed by atoms with E-state index in [-0.39, 0.29) is 11.4 Å². The number of hydrogen-bond acceptors (Lipinski definition) is 0. The van der Waals surface area contributed by atoms with Gasteiger partial charge < -0.3 is 0 Å². The van der Waals surface area contributed by atoms with E-state index in [4.69, 9.17) is 0 Å². The first-order chi connectivity index (χ1) is 21.5. The molecule has 0 nitrogen and oxygen atoms in total. The van der Waals surface area contributed by atoms with Gasteiger partial charge in [-0.25, -0.2) is 13.2 Å². The Morgan fingerprint density at radius 2 is 1.30 bits per heavy atom. The number of allylic oxidation sites excluding steroid dienone is 2. The van der Waals surface area contributed by atoms with Gasteiger partial charge >= 0.3 is 0 Å². The summed E-state index contributed by atoms with van der Waals surface area (Å²) in [5.74, 6) is 1.22. The fourth-order valence-corrected chi connectivity index (χ4v) is 7.88. The molecule has 0 N–H and O–H groups in total. The minimum atomic E-state index is -0.820. The van der Waals surface area contributed by atoms with Crippen molar-refractivity contribution in [2.75, 3.05) is 0 Å². The van der Waals surface area contributed by atoms with Crippen molar-refractivity contribution in [1.29, 1.82) is 0 Å². The lowest BCUT2D eigenvalue weighted by Gasteiger charge is -2.38. The molecule has 3 aromatic rings. The van der Waals surface area contributed by atoms with Crippen molar-refractivity contribution >= 4 is 0 Å². The van der Waals surface area contributed by atoms with Crippen molar-refractivity contribution in [3.63, 3.8) is 0 Å². The zero-order valence-corrected chi connectivity index (χ0v) is 26.9. The van der Waals surface area contributed by atoms with Crippen LogP contribution in [0.25, 0.3) is 22.3 Å². The average molecular weight is 601 g/mol. The second kappa shape index (κ2) is 16.0. The molecule has 0 bridgehead atoms. The smallest absolute Gasteiger partial charge is 0.166 e. The maximum atomic E-state index is 15.5. The molecule has 0 heterocycles. The highest BCUT2D eigenvalue weighted by Gasteiger charge is 2.32. The summed E-state index contributed by atoms with van der Waals surface area (Å²) in [7, 11) is 0. The van der Waals surface area contributed by atoms with E-state index in [9.17, 15) is 8.78 Å². The van der Waals surface area contributed by atoms with Crippen LogP contribution in [-0.4, -0.2) is 0 Å². The van der Waals surface area contributed by atoms with Crippen molar-refractivity contribution in [3.8, 4) is 22.3 Å². The Bertz CT molecular complexity index is 1360. The molecule has 2 aliphatic carbocycles. The van der Waals surface area contributed by atoms with Crippen LogP contribution in [0.15, 0.2) is 66.7 Å². The lowest BCUT2D eigenvalue weighted by atomic mass is 9.68. The number of halogens is 3. The quantitative estimate of drug-likeness (QED) is 0.143. The van der Waals surface area contributed by atoms with E-state index in [1.165, 1.54) is 64.2 Å². The SMILES string of the molecule is CCCC=CCc1ccc(-c2ccc(-c3ccc(C4CCC(C5CCC(CCCCC)CC5)CC4)c(F)c3)cc2)c(F)c1F. The first-order valence-electron chi connectivity index (χ1n) is 17.5. The third-order valence-electron chi connectivity index (χ3n) is 10.6. The molecule has 236 valence electrons. The molecule has 0 aliphatic heterocycles. The van der Waals surface area contributed by atoms with Crippen LogP contribution >= 0.6 is 0 Å². The second-order valence-corrected chi connectivity index (χ2v) is 13.6. The van der Waals surface area contributed by atoms with E-state index < -0.39 is 11.6 Å². The van der Waals surface area contributed by atoms with Crippen molar-refractivity contribution in [2.45, 2.75) is 116 Å². The van der Waals surface area contributed by atoms with E-state index in [0.29, 0.717) is 23.5 Å². The summed E-state index contributed by atoms with van der Waals surface area (Å²) < 4.78 is 45.2. The van der Waals surface area contributed by atoms with Crippen LogP contribution < -0.4 is 0 Å². The number of hydrogen-bond donors (Lipinski definition) is 0. The predicted molar refractivity (Wildman–Crippen MR) is 179 cm³/mol. The molecule has 2 saturated carbocycles. The van der Waals surface area contributed by atoms with Crippen LogP contribution in [0, 0.1) is 35.2 Å². The molecule has 3 aromatic carbocycles. The molecule has 2 fully saturated rings. The van der Waals surface area contributed by atoms with Gasteiger partial charge in [0.15, 0.2) is 11.6 Å². The summed E-state index contributed by atoms with van der Waals surface area (Å²) >= 11 is 0. The number of benzene rings is 3. The van der Waals surface area contributed by atoms with Crippen molar-refractivity contribution in [3.05, 3.63) is 95.3 Å². The second-order valence-electron chi connectivity index (χ2n) is 13.6. The van der Waals surface area contributed by atoms with Gasteiger partial charge in [0.25, 0.3) is 0 Å². The molecule has 5 rings (SSSR count). The van der Waals surface area contributed by atoms with Gasteiger partial charge in [-0.1, -0.05) is 119 Å².